The van der Waals surface area contributed by atoms with Crippen molar-refractivity contribution < 1.29 is 23.8 Å². The van der Waals surface area contributed by atoms with Crippen molar-refractivity contribution in [2.45, 2.75) is 12.3 Å². The minimum Gasteiger partial charge on any atom is -0.465 e. The second-order valence-electron chi connectivity index (χ2n) is 7.37. The van der Waals surface area contributed by atoms with Gasteiger partial charge in [0, 0.05) is 11.6 Å². The Bertz CT molecular complexity index is 1270. The second kappa shape index (κ2) is 9.28. The molecule has 1 heterocycles. The summed E-state index contributed by atoms with van der Waals surface area (Å²) < 4.78 is 15.9. The fraction of sp³-hybridized carbons (Fsp3) is 0.115. The van der Waals surface area contributed by atoms with Crippen molar-refractivity contribution in [1.29, 1.82) is 5.26 Å². The van der Waals surface area contributed by atoms with E-state index in [1.54, 1.807) is 42.5 Å². The van der Waals surface area contributed by atoms with E-state index in [-0.39, 0.29) is 17.9 Å². The number of hydrogen-bond acceptors (Lipinski definition) is 7. The third-order valence-electron chi connectivity index (χ3n) is 5.28. The fourth-order valence-electron chi connectivity index (χ4n) is 3.70. The van der Waals surface area contributed by atoms with Crippen LogP contribution in [0.25, 0.3) is 0 Å². The molecule has 1 aliphatic heterocycles. The first kappa shape index (κ1) is 21.7. The molecule has 0 saturated carbocycles. The Morgan fingerprint density at radius 1 is 1.06 bits per heavy atom. The number of allylic oxidation sites excluding steroid dienone is 1. The van der Waals surface area contributed by atoms with Gasteiger partial charge in [-0.1, -0.05) is 48.5 Å². The maximum atomic E-state index is 12.3. The van der Waals surface area contributed by atoms with Crippen LogP contribution >= 0.6 is 0 Å². The first-order chi connectivity index (χ1) is 16.0. The first-order valence-corrected chi connectivity index (χ1v) is 10.1. The zero-order valence-electron chi connectivity index (χ0n) is 17.8. The predicted molar refractivity (Wildman–Crippen MR) is 119 cm³/mol. The quantitative estimate of drug-likeness (QED) is 0.474. The lowest BCUT2D eigenvalue weighted by Crippen LogP contribution is -2.21. The van der Waals surface area contributed by atoms with Gasteiger partial charge >= 0.3 is 11.9 Å². The summed E-state index contributed by atoms with van der Waals surface area (Å²) in [7, 11) is 1.31. The van der Waals surface area contributed by atoms with Crippen molar-refractivity contribution in [3.8, 4) is 17.6 Å². The van der Waals surface area contributed by atoms with Gasteiger partial charge in [-0.2, -0.15) is 5.26 Å². The lowest BCUT2D eigenvalue weighted by Gasteiger charge is -2.26. The van der Waals surface area contributed by atoms with E-state index in [0.717, 1.165) is 11.1 Å². The standard InChI is InChI=1S/C26H20N2O5/c1-31-26(30)18-9-7-17(8-10-18)24-20-12-11-19(14-22(20)33-25(28)21(24)15-27)32-23(29)13-16-5-3-2-4-6-16/h2-12,14,24H,13,28H2,1H3. The van der Waals surface area contributed by atoms with Crippen LogP contribution < -0.4 is 15.2 Å². The first-order valence-electron chi connectivity index (χ1n) is 10.1. The van der Waals surface area contributed by atoms with Gasteiger partial charge in [-0.05, 0) is 29.3 Å². The van der Waals surface area contributed by atoms with Crippen molar-refractivity contribution in [3.05, 3.63) is 107 Å². The minimum absolute atomic E-state index is 0.0280. The van der Waals surface area contributed by atoms with Gasteiger partial charge in [0.2, 0.25) is 5.88 Å². The molecule has 164 valence electrons. The highest BCUT2D eigenvalue weighted by molar-refractivity contribution is 5.89. The SMILES string of the molecule is COC(=O)c1ccc(C2C(C#N)=C(N)Oc3cc(OC(=O)Cc4ccccc4)ccc32)cc1. The average Bonchev–Trinajstić information content (AvgIpc) is 2.83. The minimum atomic E-state index is -0.500. The smallest absolute Gasteiger partial charge is 0.337 e. The van der Waals surface area contributed by atoms with Gasteiger partial charge in [0.25, 0.3) is 0 Å². The van der Waals surface area contributed by atoms with Gasteiger partial charge in [0.1, 0.15) is 23.1 Å². The fourth-order valence-corrected chi connectivity index (χ4v) is 3.70. The summed E-state index contributed by atoms with van der Waals surface area (Å²) in [5.41, 5.74) is 8.97. The van der Waals surface area contributed by atoms with E-state index in [2.05, 4.69) is 6.07 Å². The third kappa shape index (κ3) is 4.55. The number of nitriles is 1. The lowest BCUT2D eigenvalue weighted by molar-refractivity contribution is -0.133. The number of ether oxygens (including phenoxy) is 3. The Morgan fingerprint density at radius 2 is 1.79 bits per heavy atom. The van der Waals surface area contributed by atoms with Crippen molar-refractivity contribution >= 4 is 11.9 Å². The molecule has 0 amide bonds. The molecule has 0 bridgehead atoms. The molecule has 1 aliphatic rings. The van der Waals surface area contributed by atoms with Crippen LogP contribution in [-0.2, 0) is 16.0 Å². The van der Waals surface area contributed by atoms with Crippen LogP contribution in [0.5, 0.6) is 11.5 Å². The number of nitrogens with zero attached hydrogens (tertiary/aromatic N) is 1. The number of hydrogen-bond donors (Lipinski definition) is 1. The molecule has 0 aromatic heterocycles. The topological polar surface area (TPSA) is 112 Å². The summed E-state index contributed by atoms with van der Waals surface area (Å²) in [5, 5.41) is 9.70. The van der Waals surface area contributed by atoms with Crippen LogP contribution in [-0.4, -0.2) is 19.0 Å². The van der Waals surface area contributed by atoms with E-state index in [1.165, 1.54) is 7.11 Å². The monoisotopic (exact) mass is 440 g/mol. The van der Waals surface area contributed by atoms with Gasteiger partial charge in [0.15, 0.2) is 0 Å². The molecule has 2 N–H and O–H groups in total. The number of nitrogens with two attached hydrogens (primary N) is 1. The largest absolute Gasteiger partial charge is 0.465 e. The maximum absolute atomic E-state index is 12.3. The molecule has 0 radical (unpaired) electrons. The van der Waals surface area contributed by atoms with Crippen molar-refractivity contribution in [2.24, 2.45) is 5.73 Å². The molecule has 7 nitrogen and oxygen atoms in total. The second-order valence-corrected chi connectivity index (χ2v) is 7.37. The molecule has 0 spiro atoms. The number of benzene rings is 3. The molecular weight excluding hydrogens is 420 g/mol. The molecule has 7 heteroatoms. The van der Waals surface area contributed by atoms with Crippen LogP contribution in [0, 0.1) is 11.3 Å². The van der Waals surface area contributed by atoms with Crippen molar-refractivity contribution in [3.63, 3.8) is 0 Å². The summed E-state index contributed by atoms with van der Waals surface area (Å²) in [4.78, 5) is 24.1. The number of carbonyl (C=O) groups is 2. The molecule has 33 heavy (non-hydrogen) atoms. The highest BCUT2D eigenvalue weighted by atomic mass is 16.5. The van der Waals surface area contributed by atoms with E-state index in [9.17, 15) is 14.9 Å². The Kier molecular flexibility index (Phi) is 6.09. The van der Waals surface area contributed by atoms with Gasteiger partial charge < -0.3 is 19.9 Å². The summed E-state index contributed by atoms with van der Waals surface area (Å²) in [6.45, 7) is 0. The Morgan fingerprint density at radius 3 is 2.45 bits per heavy atom. The van der Waals surface area contributed by atoms with E-state index in [0.29, 0.717) is 22.6 Å². The van der Waals surface area contributed by atoms with Gasteiger partial charge in [0.05, 0.1) is 25.0 Å². The third-order valence-corrected chi connectivity index (χ3v) is 5.28. The Balaban J connectivity index is 1.62. The molecule has 0 fully saturated rings. The highest BCUT2D eigenvalue weighted by Crippen LogP contribution is 2.43. The summed E-state index contributed by atoms with van der Waals surface area (Å²) in [6.07, 6.45) is 0.134. The zero-order valence-corrected chi connectivity index (χ0v) is 17.8. The van der Waals surface area contributed by atoms with Crippen LogP contribution in [0.1, 0.15) is 33.0 Å². The molecule has 1 atom stereocenters. The van der Waals surface area contributed by atoms with E-state index in [1.807, 2.05) is 30.3 Å². The molecule has 3 aromatic rings. The predicted octanol–water partition coefficient (Wildman–Crippen LogP) is 3.84. The summed E-state index contributed by atoms with van der Waals surface area (Å²) in [6, 6.07) is 23.1. The van der Waals surface area contributed by atoms with Crippen LogP contribution in [0.15, 0.2) is 84.3 Å². The van der Waals surface area contributed by atoms with Crippen LogP contribution in [0.3, 0.4) is 0 Å². The van der Waals surface area contributed by atoms with Gasteiger partial charge in [-0.3, -0.25) is 4.79 Å². The molecule has 0 saturated heterocycles. The summed E-state index contributed by atoms with van der Waals surface area (Å²) in [5.74, 6) is -0.694. The van der Waals surface area contributed by atoms with E-state index < -0.39 is 17.9 Å². The number of rotatable bonds is 5. The lowest BCUT2D eigenvalue weighted by atomic mass is 9.83. The Hall–Kier alpha value is -4.57. The maximum Gasteiger partial charge on any atom is 0.337 e. The molecular formula is C26H20N2O5. The van der Waals surface area contributed by atoms with Crippen molar-refractivity contribution in [1.82, 2.24) is 0 Å². The van der Waals surface area contributed by atoms with Crippen LogP contribution in [0.2, 0.25) is 0 Å². The van der Waals surface area contributed by atoms with Crippen molar-refractivity contribution in [2.75, 3.05) is 7.11 Å². The van der Waals surface area contributed by atoms with Crippen LogP contribution in [0.4, 0.5) is 0 Å². The molecule has 1 unspecified atom stereocenters. The number of esters is 2. The van der Waals surface area contributed by atoms with Gasteiger partial charge in [-0.15, -0.1) is 0 Å². The molecule has 0 aliphatic carbocycles. The number of fused-ring (bicyclic) bond motifs is 1. The van der Waals surface area contributed by atoms with Gasteiger partial charge in [-0.25, -0.2) is 4.79 Å². The highest BCUT2D eigenvalue weighted by Gasteiger charge is 2.31. The summed E-state index contributed by atoms with van der Waals surface area (Å²) >= 11 is 0. The number of methoxy groups -OCH3 is 1. The van der Waals surface area contributed by atoms with E-state index in [4.69, 9.17) is 19.9 Å². The van der Waals surface area contributed by atoms with E-state index >= 15 is 0 Å². The molecule has 4 rings (SSSR count). The normalized spacial score (nSPS) is 14.5. The number of carbonyl (C=O) groups excluding carboxylic acids is 2. The molecule has 3 aromatic carbocycles. The average molecular weight is 440 g/mol. The zero-order chi connectivity index (χ0) is 23.4. The Labute approximate surface area is 190 Å².